The summed E-state index contributed by atoms with van der Waals surface area (Å²) in [4.78, 5) is 28.7. The molecule has 10 heteroatoms. The Hall–Kier alpha value is -10.1. The van der Waals surface area contributed by atoms with Gasteiger partial charge in [-0.3, -0.25) is 0 Å². The molecule has 2 heterocycles. The van der Waals surface area contributed by atoms with E-state index in [1.54, 1.807) is 24.3 Å². The molecule has 12 aromatic rings. The Morgan fingerprint density at radius 3 is 1.05 bits per heavy atom. The van der Waals surface area contributed by atoms with Crippen LogP contribution < -0.4 is 19.3 Å². The molecule has 10 aromatic carbocycles. The van der Waals surface area contributed by atoms with Gasteiger partial charge in [-0.15, -0.1) is 0 Å². The molecule has 0 bridgehead atoms. The zero-order valence-corrected chi connectivity index (χ0v) is 40.3. The lowest BCUT2D eigenvalue weighted by Crippen LogP contribution is -2.11. The highest BCUT2D eigenvalue weighted by atomic mass is 16.5. The number of hydrogen-bond acceptors (Lipinski definition) is 6. The number of para-hydroxylation sites is 4. The lowest BCUT2D eigenvalue weighted by Gasteiger charge is -2.27. The first kappa shape index (κ1) is 45.1. The fourth-order valence-corrected chi connectivity index (χ4v) is 10.4. The molecule has 2 aromatic heterocycles. The van der Waals surface area contributed by atoms with Crippen LogP contribution in [0.1, 0.15) is 20.7 Å². The van der Waals surface area contributed by atoms with Crippen LogP contribution in [-0.4, -0.2) is 45.5 Å². The summed E-state index contributed by atoms with van der Waals surface area (Å²) in [5, 5.41) is 24.4. The number of carboxylic acids is 2. The van der Waals surface area contributed by atoms with Gasteiger partial charge in [-0.2, -0.15) is 0 Å². The quantitative estimate of drug-likeness (QED) is 0.118. The van der Waals surface area contributed by atoms with Crippen LogP contribution in [0.5, 0.6) is 11.5 Å². The van der Waals surface area contributed by atoms with Gasteiger partial charge in [-0.05, 0) is 132 Å². The molecule has 12 rings (SSSR count). The normalized spacial score (nSPS) is 11.3. The van der Waals surface area contributed by atoms with Gasteiger partial charge in [0.25, 0.3) is 0 Å². The van der Waals surface area contributed by atoms with Crippen LogP contribution in [0, 0.1) is 0 Å². The van der Waals surface area contributed by atoms with Crippen LogP contribution >= 0.6 is 0 Å². The molecule has 0 unspecified atom stereocenters. The minimum absolute atomic E-state index is 0.0718. The number of anilines is 6. The fourth-order valence-electron chi connectivity index (χ4n) is 10.4. The van der Waals surface area contributed by atoms with Crippen LogP contribution in [0.3, 0.4) is 0 Å². The van der Waals surface area contributed by atoms with E-state index in [-0.39, 0.29) is 22.6 Å². The maximum Gasteiger partial charge on any atom is 0.339 e. The monoisotopic (exact) mass is 966 g/mol. The van der Waals surface area contributed by atoms with E-state index in [1.165, 1.54) is 14.2 Å². The molecular weight excluding hydrogens is 921 g/mol. The fraction of sp³-hybridized carbons (Fsp3) is 0.0312. The molecule has 0 fully saturated rings. The van der Waals surface area contributed by atoms with Crippen LogP contribution in [0.25, 0.3) is 66.1 Å². The van der Waals surface area contributed by atoms with Gasteiger partial charge >= 0.3 is 11.9 Å². The van der Waals surface area contributed by atoms with Crippen molar-refractivity contribution < 1.29 is 29.3 Å². The highest BCUT2D eigenvalue weighted by Gasteiger charge is 2.23. The third kappa shape index (κ3) is 7.78. The van der Waals surface area contributed by atoms with Gasteiger partial charge < -0.3 is 38.6 Å². The second kappa shape index (κ2) is 18.6. The Labute approximate surface area is 426 Å². The van der Waals surface area contributed by atoms with Crippen molar-refractivity contribution in [2.45, 2.75) is 0 Å². The van der Waals surface area contributed by atoms with Crippen molar-refractivity contribution in [1.29, 1.82) is 0 Å². The van der Waals surface area contributed by atoms with Crippen LogP contribution in [0.4, 0.5) is 34.1 Å². The van der Waals surface area contributed by atoms with Crippen molar-refractivity contribution in [3.05, 3.63) is 242 Å². The molecule has 0 amide bonds. The summed E-state index contributed by atoms with van der Waals surface area (Å²) in [7, 11) is 2.96. The van der Waals surface area contributed by atoms with Crippen LogP contribution in [0.15, 0.2) is 231 Å². The summed E-state index contributed by atoms with van der Waals surface area (Å²) >= 11 is 0. The van der Waals surface area contributed by atoms with Crippen LogP contribution in [-0.2, 0) is 0 Å². The highest BCUT2D eigenvalue weighted by Crippen LogP contribution is 2.44. The average molecular weight is 967 g/mol. The number of methoxy groups -OCH3 is 2. The summed E-state index contributed by atoms with van der Waals surface area (Å²) in [6.45, 7) is 0. The molecular formula is C64H46N4O6. The topological polar surface area (TPSA) is 109 Å². The maximum atomic E-state index is 12.2. The van der Waals surface area contributed by atoms with Gasteiger partial charge in [0.05, 0.1) is 36.3 Å². The third-order valence-corrected chi connectivity index (χ3v) is 13.8. The first-order chi connectivity index (χ1) is 36.3. The van der Waals surface area contributed by atoms with Crippen molar-refractivity contribution in [2.24, 2.45) is 0 Å². The highest BCUT2D eigenvalue weighted by molar-refractivity contribution is 6.12. The largest absolute Gasteiger partial charge is 0.496 e. The number of fused-ring (bicyclic) bond motifs is 6. The predicted molar refractivity (Wildman–Crippen MR) is 297 cm³/mol. The van der Waals surface area contributed by atoms with Crippen LogP contribution in [0.2, 0.25) is 0 Å². The number of carbonyl (C=O) groups is 2. The predicted octanol–water partition coefficient (Wildman–Crippen LogP) is 15.9. The number of nitrogens with zero attached hydrogens (tertiary/aromatic N) is 4. The Bertz CT molecular complexity index is 3840. The van der Waals surface area contributed by atoms with Crippen molar-refractivity contribution >= 4 is 89.7 Å². The standard InChI is InChI=1S/C64H46N4O6/c1-73-61-39-49(29-33-53(61)63(69)70)65(47-31-35-59-55(37-47)51-17-9-11-19-57(51)67(59)43-13-5-3-6-14-43)45-25-21-41(22-26-45)42-23-27-46(28-24-42)66(50-30-34-54(64(71)72)62(40-50)74-2)48-32-36-60-56(38-48)52-18-10-12-20-58(52)68(60)44-15-7-4-8-16-44/h3-40H,1-2H3,(H,69,70)(H,71,72). The second-order valence-electron chi connectivity index (χ2n) is 17.9. The van der Waals surface area contributed by atoms with E-state index >= 15 is 0 Å². The molecule has 0 radical (unpaired) electrons. The summed E-state index contributed by atoms with van der Waals surface area (Å²) in [6.07, 6.45) is 0. The molecule has 358 valence electrons. The summed E-state index contributed by atoms with van der Waals surface area (Å²) in [5.41, 5.74) is 13.5. The molecule has 0 spiro atoms. The smallest absolute Gasteiger partial charge is 0.339 e. The van der Waals surface area contributed by atoms with Gasteiger partial charge in [0.15, 0.2) is 0 Å². The van der Waals surface area contributed by atoms with E-state index in [2.05, 4.69) is 177 Å². The third-order valence-electron chi connectivity index (χ3n) is 13.8. The van der Waals surface area contributed by atoms with Gasteiger partial charge in [-0.1, -0.05) is 97.1 Å². The summed E-state index contributed by atoms with van der Waals surface area (Å²) in [5.74, 6) is -1.64. The van der Waals surface area contributed by atoms with Gasteiger partial charge in [-0.25, -0.2) is 9.59 Å². The number of aromatic carboxylic acids is 2. The molecule has 0 saturated heterocycles. The van der Waals surface area contributed by atoms with Gasteiger partial charge in [0.1, 0.15) is 22.6 Å². The van der Waals surface area contributed by atoms with E-state index in [0.29, 0.717) is 0 Å². The molecule has 74 heavy (non-hydrogen) atoms. The number of benzene rings is 10. The Balaban J connectivity index is 0.945. The zero-order chi connectivity index (χ0) is 50.5. The van der Waals surface area contributed by atoms with E-state index in [1.807, 2.05) is 48.5 Å². The number of hydrogen-bond donors (Lipinski definition) is 2. The van der Waals surface area contributed by atoms with E-state index < -0.39 is 11.9 Å². The molecule has 0 aliphatic rings. The van der Waals surface area contributed by atoms with E-state index in [0.717, 1.165) is 100 Å². The summed E-state index contributed by atoms with van der Waals surface area (Å²) in [6, 6.07) is 77.3. The summed E-state index contributed by atoms with van der Waals surface area (Å²) < 4.78 is 15.8. The van der Waals surface area contributed by atoms with Crippen molar-refractivity contribution in [1.82, 2.24) is 9.13 Å². The lowest BCUT2D eigenvalue weighted by molar-refractivity contribution is 0.0682. The molecule has 0 aliphatic heterocycles. The molecule has 0 saturated carbocycles. The zero-order valence-electron chi connectivity index (χ0n) is 40.3. The molecule has 0 atom stereocenters. The van der Waals surface area contributed by atoms with Gasteiger partial charge in [0.2, 0.25) is 0 Å². The number of aromatic nitrogens is 2. The Morgan fingerprint density at radius 2 is 0.676 bits per heavy atom. The van der Waals surface area contributed by atoms with E-state index in [9.17, 15) is 19.8 Å². The molecule has 2 N–H and O–H groups in total. The first-order valence-corrected chi connectivity index (χ1v) is 24.1. The maximum absolute atomic E-state index is 12.2. The lowest BCUT2D eigenvalue weighted by atomic mass is 10.0. The molecule has 0 aliphatic carbocycles. The van der Waals surface area contributed by atoms with E-state index in [4.69, 9.17) is 9.47 Å². The van der Waals surface area contributed by atoms with Crippen molar-refractivity contribution in [2.75, 3.05) is 24.0 Å². The second-order valence-corrected chi connectivity index (χ2v) is 17.9. The molecule has 10 nitrogen and oxygen atoms in total. The Kier molecular flexibility index (Phi) is 11.3. The Morgan fingerprint density at radius 1 is 0.351 bits per heavy atom. The number of ether oxygens (including phenoxy) is 2. The number of carboxylic acid groups (broad SMARTS) is 2. The van der Waals surface area contributed by atoms with Crippen molar-refractivity contribution in [3.8, 4) is 34.0 Å². The first-order valence-electron chi connectivity index (χ1n) is 24.1. The SMILES string of the molecule is COc1cc(N(c2ccc(-c3ccc(N(c4ccc(C(=O)O)c(OC)c4)c4ccc5c(c4)c4ccccc4n5-c4ccccc4)cc3)cc2)c2ccc3c(c2)c2ccccc2n3-c2ccccc2)ccc1C(=O)O. The number of rotatable bonds is 13. The minimum Gasteiger partial charge on any atom is -0.496 e. The van der Waals surface area contributed by atoms with Crippen molar-refractivity contribution in [3.63, 3.8) is 0 Å². The average Bonchev–Trinajstić information content (AvgIpc) is 3.97. The minimum atomic E-state index is -1.07. The van der Waals surface area contributed by atoms with Gasteiger partial charge in [0, 0.05) is 79.2 Å².